The maximum absolute atomic E-state index is 11.4. The van der Waals surface area contributed by atoms with E-state index in [1.54, 1.807) is 4.90 Å². The Balaban J connectivity index is 1.74. The Labute approximate surface area is 85.8 Å². The smallest absolute Gasteiger partial charge is 0.236 e. The molecule has 2 aliphatic carbocycles. The summed E-state index contributed by atoms with van der Waals surface area (Å²) in [6, 6.07) is 0.623. The van der Waals surface area contributed by atoms with Crippen molar-refractivity contribution in [3.8, 4) is 0 Å². The number of hydrogen-bond acceptors (Lipinski definition) is 2. The molecule has 2 rings (SSSR count). The van der Waals surface area contributed by atoms with Gasteiger partial charge < -0.3 is 10.2 Å². The lowest BCUT2D eigenvalue weighted by atomic mass is 9.95. The average Bonchev–Trinajstić information content (AvgIpc) is 2.74. The van der Waals surface area contributed by atoms with Crippen molar-refractivity contribution in [2.45, 2.75) is 31.7 Å². The van der Waals surface area contributed by atoms with Gasteiger partial charge in [-0.1, -0.05) is 6.42 Å². The van der Waals surface area contributed by atoms with Crippen molar-refractivity contribution in [2.24, 2.45) is 11.8 Å². The summed E-state index contributed by atoms with van der Waals surface area (Å²) in [5, 5.41) is 3.40. The van der Waals surface area contributed by atoms with Crippen LogP contribution in [0.5, 0.6) is 0 Å². The molecule has 0 radical (unpaired) electrons. The normalized spacial score (nSPS) is 34.9. The molecule has 3 nitrogen and oxygen atoms in total. The zero-order valence-electron chi connectivity index (χ0n) is 9.12. The molecule has 0 heterocycles. The van der Waals surface area contributed by atoms with Gasteiger partial charge in [0.25, 0.3) is 0 Å². The highest BCUT2D eigenvalue weighted by molar-refractivity contribution is 5.77. The van der Waals surface area contributed by atoms with E-state index < -0.39 is 0 Å². The number of amides is 1. The summed E-state index contributed by atoms with van der Waals surface area (Å²) < 4.78 is 0. The molecule has 1 N–H and O–H groups in total. The van der Waals surface area contributed by atoms with Crippen LogP contribution < -0.4 is 5.32 Å². The molecule has 1 amide bonds. The molecule has 0 aromatic carbocycles. The molecule has 0 unspecified atom stereocenters. The van der Waals surface area contributed by atoms with Crippen molar-refractivity contribution in [1.82, 2.24) is 10.2 Å². The number of hydrogen-bond donors (Lipinski definition) is 1. The molecule has 2 aliphatic rings. The summed E-state index contributed by atoms with van der Waals surface area (Å²) in [5.41, 5.74) is 0. The number of carbonyl (C=O) groups excluding carboxylic acids is 1. The lowest BCUT2D eigenvalue weighted by Gasteiger charge is -2.23. The number of rotatable bonds is 3. The van der Waals surface area contributed by atoms with Crippen molar-refractivity contribution >= 4 is 5.91 Å². The fourth-order valence-corrected chi connectivity index (χ4v) is 2.87. The summed E-state index contributed by atoms with van der Waals surface area (Å²) >= 11 is 0. The molecule has 0 saturated heterocycles. The summed E-state index contributed by atoms with van der Waals surface area (Å²) in [6.07, 6.45) is 5.49. The molecule has 2 fully saturated rings. The highest BCUT2D eigenvalue weighted by Crippen LogP contribution is 2.44. The first-order valence-corrected chi connectivity index (χ1v) is 5.60. The second-order valence-corrected chi connectivity index (χ2v) is 4.95. The fourth-order valence-electron chi connectivity index (χ4n) is 2.87. The van der Waals surface area contributed by atoms with Gasteiger partial charge in [0.15, 0.2) is 0 Å². The summed E-state index contributed by atoms with van der Waals surface area (Å²) in [5.74, 6) is 2.00. The van der Waals surface area contributed by atoms with E-state index in [0.29, 0.717) is 12.6 Å². The van der Waals surface area contributed by atoms with Gasteiger partial charge in [0, 0.05) is 20.1 Å². The Morgan fingerprint density at radius 1 is 1.36 bits per heavy atom. The van der Waals surface area contributed by atoms with Crippen molar-refractivity contribution in [2.75, 3.05) is 20.6 Å². The lowest BCUT2D eigenvalue weighted by Crippen LogP contribution is -2.41. The van der Waals surface area contributed by atoms with Crippen LogP contribution in [0.1, 0.15) is 25.7 Å². The van der Waals surface area contributed by atoms with Crippen LogP contribution in [0.2, 0.25) is 0 Å². The third-order valence-electron chi connectivity index (χ3n) is 3.75. The molecular weight excluding hydrogens is 176 g/mol. The van der Waals surface area contributed by atoms with Crippen molar-refractivity contribution in [3.63, 3.8) is 0 Å². The maximum Gasteiger partial charge on any atom is 0.236 e. The number of carbonyl (C=O) groups is 1. The molecule has 3 heteroatoms. The van der Waals surface area contributed by atoms with Gasteiger partial charge in [-0.3, -0.25) is 4.79 Å². The quantitative estimate of drug-likeness (QED) is 0.726. The maximum atomic E-state index is 11.4. The molecule has 2 bridgehead atoms. The van der Waals surface area contributed by atoms with Gasteiger partial charge in [-0.25, -0.2) is 0 Å². The number of nitrogens with zero attached hydrogens (tertiary/aromatic N) is 1. The van der Waals surface area contributed by atoms with Gasteiger partial charge in [-0.05, 0) is 31.1 Å². The Morgan fingerprint density at radius 3 is 2.64 bits per heavy atom. The summed E-state index contributed by atoms with van der Waals surface area (Å²) in [6.45, 7) is 0.515. The van der Waals surface area contributed by atoms with E-state index in [0.717, 1.165) is 11.8 Å². The van der Waals surface area contributed by atoms with E-state index in [1.807, 2.05) is 14.1 Å². The minimum atomic E-state index is 0.188. The molecule has 14 heavy (non-hydrogen) atoms. The standard InChI is InChI=1S/C11H20N2O/c1-13(2)11(14)7-12-10-6-8-3-4-9(10)5-8/h8-10,12H,3-7H2,1-2H3/t8-,9-,10-/m1/s1. The van der Waals surface area contributed by atoms with Crippen LogP contribution in [0.25, 0.3) is 0 Å². The molecule has 0 aromatic rings. The van der Waals surface area contributed by atoms with Crippen molar-refractivity contribution in [3.05, 3.63) is 0 Å². The van der Waals surface area contributed by atoms with E-state index in [1.165, 1.54) is 25.7 Å². The van der Waals surface area contributed by atoms with Crippen LogP contribution in [0.15, 0.2) is 0 Å². The molecule has 0 aliphatic heterocycles. The Morgan fingerprint density at radius 2 is 2.14 bits per heavy atom. The predicted molar refractivity (Wildman–Crippen MR) is 55.9 cm³/mol. The van der Waals surface area contributed by atoms with Gasteiger partial charge in [-0.15, -0.1) is 0 Å². The van der Waals surface area contributed by atoms with Gasteiger partial charge in [-0.2, -0.15) is 0 Å². The number of fused-ring (bicyclic) bond motifs is 2. The summed E-state index contributed by atoms with van der Waals surface area (Å²) in [7, 11) is 3.62. The minimum absolute atomic E-state index is 0.188. The first-order valence-electron chi connectivity index (χ1n) is 5.60. The van der Waals surface area contributed by atoms with Crippen LogP contribution in [0, 0.1) is 11.8 Å². The van der Waals surface area contributed by atoms with Gasteiger partial charge >= 0.3 is 0 Å². The Bertz CT molecular complexity index is 227. The van der Waals surface area contributed by atoms with E-state index in [-0.39, 0.29) is 5.91 Å². The SMILES string of the molecule is CN(C)C(=O)CN[C@@H]1C[C@@H]2CC[C@@H]1C2. The van der Waals surface area contributed by atoms with E-state index in [9.17, 15) is 4.79 Å². The third kappa shape index (κ3) is 1.92. The first kappa shape index (κ1) is 9.97. The zero-order chi connectivity index (χ0) is 10.1. The second kappa shape index (κ2) is 3.89. The Hall–Kier alpha value is -0.570. The highest BCUT2D eigenvalue weighted by Gasteiger charge is 2.39. The van der Waals surface area contributed by atoms with E-state index >= 15 is 0 Å². The molecule has 80 valence electrons. The van der Waals surface area contributed by atoms with Gasteiger partial charge in [0.05, 0.1) is 6.54 Å². The third-order valence-corrected chi connectivity index (χ3v) is 3.75. The molecule has 0 aromatic heterocycles. The van der Waals surface area contributed by atoms with Gasteiger partial charge in [0.1, 0.15) is 0 Å². The van der Waals surface area contributed by atoms with Gasteiger partial charge in [0.2, 0.25) is 5.91 Å². The Kier molecular flexibility index (Phi) is 2.77. The highest BCUT2D eigenvalue weighted by atomic mass is 16.2. The molecule has 2 saturated carbocycles. The summed E-state index contributed by atoms with van der Waals surface area (Å²) in [4.78, 5) is 13.0. The zero-order valence-corrected chi connectivity index (χ0v) is 9.12. The van der Waals surface area contributed by atoms with Crippen LogP contribution in [-0.2, 0) is 4.79 Å². The number of likely N-dealkylation sites (N-methyl/N-ethyl adjacent to an activating group) is 1. The van der Waals surface area contributed by atoms with E-state index in [2.05, 4.69) is 5.32 Å². The van der Waals surface area contributed by atoms with E-state index in [4.69, 9.17) is 0 Å². The molecular formula is C11H20N2O. The van der Waals surface area contributed by atoms with Crippen molar-refractivity contribution in [1.29, 1.82) is 0 Å². The molecule has 3 atom stereocenters. The van der Waals surface area contributed by atoms with Crippen LogP contribution in [-0.4, -0.2) is 37.5 Å². The molecule has 0 spiro atoms. The monoisotopic (exact) mass is 196 g/mol. The second-order valence-electron chi connectivity index (χ2n) is 4.95. The largest absolute Gasteiger partial charge is 0.348 e. The first-order chi connectivity index (χ1) is 6.66. The minimum Gasteiger partial charge on any atom is -0.348 e. The fraction of sp³-hybridized carbons (Fsp3) is 0.909. The number of nitrogens with one attached hydrogen (secondary N) is 1. The van der Waals surface area contributed by atoms with Crippen LogP contribution in [0.3, 0.4) is 0 Å². The van der Waals surface area contributed by atoms with Crippen LogP contribution >= 0.6 is 0 Å². The lowest BCUT2D eigenvalue weighted by molar-refractivity contribution is -0.127. The average molecular weight is 196 g/mol. The topological polar surface area (TPSA) is 32.3 Å². The predicted octanol–water partition coefficient (Wildman–Crippen LogP) is 0.853. The van der Waals surface area contributed by atoms with Crippen molar-refractivity contribution < 1.29 is 4.79 Å². The van der Waals surface area contributed by atoms with Crippen LogP contribution in [0.4, 0.5) is 0 Å².